The van der Waals surface area contributed by atoms with Crippen molar-refractivity contribution >= 4 is 22.8 Å². The Balaban J connectivity index is 1.72. The van der Waals surface area contributed by atoms with E-state index in [0.717, 1.165) is 27.8 Å². The number of nitrogens with zero attached hydrogens (tertiary/aromatic N) is 2. The molecule has 6 rings (SSSR count). The predicted octanol–water partition coefficient (Wildman–Crippen LogP) is 4.88. The van der Waals surface area contributed by atoms with Gasteiger partial charge in [-0.1, -0.05) is 36.4 Å². The van der Waals surface area contributed by atoms with Crippen molar-refractivity contribution in [3.05, 3.63) is 94.3 Å². The van der Waals surface area contributed by atoms with E-state index in [9.17, 15) is 4.79 Å². The number of thioether (sulfide) groups is 1. The second kappa shape index (κ2) is 5.97. The van der Waals surface area contributed by atoms with Crippen molar-refractivity contribution in [2.24, 2.45) is 0 Å². The first-order valence-electron chi connectivity index (χ1n) is 9.69. The number of hydrogen-bond acceptors (Lipinski definition) is 4. The number of aromatic nitrogens is 2. The summed E-state index contributed by atoms with van der Waals surface area (Å²) in [6, 6.07) is 22.0. The predicted molar refractivity (Wildman–Crippen MR) is 115 cm³/mol. The zero-order chi connectivity index (χ0) is 19.6. The lowest BCUT2D eigenvalue weighted by molar-refractivity contribution is 0.0865. The quantitative estimate of drug-likeness (QED) is 0.458. The monoisotopic (exact) mass is 398 g/mol. The first-order chi connectivity index (χ1) is 14.2. The third-order valence-electron chi connectivity index (χ3n) is 6.07. The maximum absolute atomic E-state index is 13.7. The molecular weight excluding hydrogens is 380 g/mol. The van der Waals surface area contributed by atoms with Crippen LogP contribution in [0.2, 0.25) is 0 Å². The molecule has 2 aromatic carbocycles. The van der Waals surface area contributed by atoms with Gasteiger partial charge in [-0.2, -0.15) is 0 Å². The van der Waals surface area contributed by atoms with Crippen LogP contribution < -0.4 is 10.2 Å². The lowest BCUT2D eigenvalue weighted by atomic mass is 9.81. The molecule has 0 aliphatic carbocycles. The van der Waals surface area contributed by atoms with Crippen molar-refractivity contribution in [1.29, 1.82) is 0 Å². The minimum Gasteiger partial charge on any atom is -0.482 e. The normalized spacial score (nSPS) is 21.9. The molecule has 0 fully saturated rings. The molecule has 0 saturated carbocycles. The van der Waals surface area contributed by atoms with Crippen molar-refractivity contribution in [3.8, 4) is 11.4 Å². The number of rotatable bonds is 1. The molecule has 0 radical (unpaired) electrons. The molecule has 2 atom stereocenters. The van der Waals surface area contributed by atoms with Gasteiger partial charge in [-0.05, 0) is 37.3 Å². The maximum Gasteiger partial charge on any atom is 0.199 e. The molecule has 4 heterocycles. The first kappa shape index (κ1) is 16.9. The molecule has 0 amide bonds. The zero-order valence-electron chi connectivity index (χ0n) is 15.8. The van der Waals surface area contributed by atoms with Crippen molar-refractivity contribution in [2.75, 3.05) is 5.75 Å². The van der Waals surface area contributed by atoms with Gasteiger partial charge >= 0.3 is 0 Å². The van der Waals surface area contributed by atoms with E-state index >= 15 is 0 Å². The van der Waals surface area contributed by atoms with Crippen LogP contribution in [0.15, 0.2) is 82.7 Å². The van der Waals surface area contributed by atoms with Crippen LogP contribution in [0.3, 0.4) is 0 Å². The molecule has 0 bridgehead atoms. The van der Waals surface area contributed by atoms with Crippen molar-refractivity contribution < 1.29 is 4.74 Å². The van der Waals surface area contributed by atoms with Gasteiger partial charge in [-0.15, -0.1) is 11.8 Å². The van der Waals surface area contributed by atoms with E-state index in [1.54, 1.807) is 18.0 Å². The Morgan fingerprint density at radius 3 is 2.72 bits per heavy atom. The molecule has 29 heavy (non-hydrogen) atoms. The highest BCUT2D eigenvalue weighted by atomic mass is 32.2. The summed E-state index contributed by atoms with van der Waals surface area (Å²) in [5.41, 5.74) is 2.93. The van der Waals surface area contributed by atoms with Gasteiger partial charge in [-0.25, -0.2) is 4.98 Å². The van der Waals surface area contributed by atoms with E-state index in [1.165, 1.54) is 5.56 Å². The Kier molecular flexibility index (Phi) is 3.47. The van der Waals surface area contributed by atoms with E-state index in [4.69, 9.17) is 4.74 Å². The van der Waals surface area contributed by atoms with Gasteiger partial charge in [0.15, 0.2) is 5.43 Å². The number of fused-ring (bicyclic) bond motifs is 6. The fourth-order valence-corrected chi connectivity index (χ4v) is 6.26. The summed E-state index contributed by atoms with van der Waals surface area (Å²) in [7, 11) is 0. The zero-order valence-corrected chi connectivity index (χ0v) is 16.6. The summed E-state index contributed by atoms with van der Waals surface area (Å²) in [4.78, 5) is 18.3. The average molecular weight is 398 g/mol. The Morgan fingerprint density at radius 2 is 1.86 bits per heavy atom. The lowest BCUT2D eigenvalue weighted by Gasteiger charge is -2.37. The van der Waals surface area contributed by atoms with Crippen LogP contribution >= 0.6 is 11.8 Å². The number of ether oxygens (including phenoxy) is 1. The summed E-state index contributed by atoms with van der Waals surface area (Å²) >= 11 is 1.72. The van der Waals surface area contributed by atoms with E-state index in [2.05, 4.69) is 34.7 Å². The van der Waals surface area contributed by atoms with Crippen molar-refractivity contribution in [3.63, 3.8) is 0 Å². The highest BCUT2D eigenvalue weighted by Crippen LogP contribution is 2.56. The first-order valence-corrected chi connectivity index (χ1v) is 10.7. The van der Waals surface area contributed by atoms with Gasteiger partial charge in [0.25, 0.3) is 0 Å². The number of para-hydroxylation sites is 2. The molecule has 0 spiro atoms. The van der Waals surface area contributed by atoms with Crippen LogP contribution in [-0.2, 0) is 5.60 Å². The van der Waals surface area contributed by atoms with Gasteiger partial charge in [0, 0.05) is 29.1 Å². The summed E-state index contributed by atoms with van der Waals surface area (Å²) < 4.78 is 8.61. The van der Waals surface area contributed by atoms with Gasteiger partial charge in [0.1, 0.15) is 17.0 Å². The summed E-state index contributed by atoms with van der Waals surface area (Å²) in [5, 5.41) is 1.55. The van der Waals surface area contributed by atoms with Crippen molar-refractivity contribution in [2.45, 2.75) is 23.5 Å². The van der Waals surface area contributed by atoms with E-state index < -0.39 is 5.60 Å². The van der Waals surface area contributed by atoms with E-state index in [0.29, 0.717) is 11.0 Å². The van der Waals surface area contributed by atoms with Gasteiger partial charge in [-0.3, -0.25) is 9.36 Å². The Bertz CT molecular complexity index is 1330. The van der Waals surface area contributed by atoms with Gasteiger partial charge < -0.3 is 4.74 Å². The number of hydrogen-bond donors (Lipinski definition) is 0. The van der Waals surface area contributed by atoms with Crippen LogP contribution in [0.4, 0.5) is 0 Å². The Labute approximate surface area is 172 Å². The topological polar surface area (TPSA) is 44.1 Å². The minimum absolute atomic E-state index is 0.0165. The third kappa shape index (κ3) is 2.22. The summed E-state index contributed by atoms with van der Waals surface area (Å²) in [5.74, 6) is 1.87. The summed E-state index contributed by atoms with van der Waals surface area (Å²) in [6.45, 7) is 2.06. The standard InChI is InChI=1S/C24H18N2O2S/c1-24-18(16-10-5-6-12-19(16)28-24)14-29-23-20(24)21(27)17-11-7-13-25-22(17)26(23)15-8-3-2-4-9-15/h2-13,18H,14H2,1H3/t18-,24+/m0/s1. The Hall–Kier alpha value is -3.05. The molecular formula is C24H18N2O2S. The molecule has 2 aliphatic heterocycles. The lowest BCUT2D eigenvalue weighted by Crippen LogP contribution is -2.42. The van der Waals surface area contributed by atoms with Crippen LogP contribution in [0.1, 0.15) is 24.0 Å². The SMILES string of the molecule is C[C@@]12Oc3ccccc3[C@@H]1CSc1c2c(=O)c2cccnc2n1-c1ccccc1. The highest BCUT2D eigenvalue weighted by Gasteiger charge is 2.52. The number of pyridine rings is 2. The third-order valence-corrected chi connectivity index (χ3v) is 7.23. The second-order valence-electron chi connectivity index (χ2n) is 7.67. The summed E-state index contributed by atoms with van der Waals surface area (Å²) in [6.07, 6.45) is 1.74. The van der Waals surface area contributed by atoms with Crippen LogP contribution in [-0.4, -0.2) is 15.3 Å². The molecule has 5 heteroatoms. The fraction of sp³-hybridized carbons (Fsp3) is 0.167. The second-order valence-corrected chi connectivity index (χ2v) is 8.67. The smallest absolute Gasteiger partial charge is 0.199 e. The minimum atomic E-state index is -0.693. The van der Waals surface area contributed by atoms with Gasteiger partial charge in [0.05, 0.1) is 16.0 Å². The largest absolute Gasteiger partial charge is 0.482 e. The molecule has 0 unspecified atom stereocenters. The molecule has 2 aliphatic rings. The molecule has 2 aromatic heterocycles. The van der Waals surface area contributed by atoms with Crippen LogP contribution in [0, 0.1) is 0 Å². The van der Waals surface area contributed by atoms with E-state index in [1.807, 2.05) is 48.5 Å². The molecule has 0 N–H and O–H groups in total. The molecule has 142 valence electrons. The number of benzene rings is 2. The molecule has 0 saturated heterocycles. The Morgan fingerprint density at radius 1 is 1.07 bits per heavy atom. The van der Waals surface area contributed by atoms with Crippen LogP contribution in [0.5, 0.6) is 5.75 Å². The van der Waals surface area contributed by atoms with Crippen LogP contribution in [0.25, 0.3) is 16.7 Å². The molecule has 4 nitrogen and oxygen atoms in total. The highest BCUT2D eigenvalue weighted by molar-refractivity contribution is 7.99. The van der Waals surface area contributed by atoms with Crippen molar-refractivity contribution in [1.82, 2.24) is 9.55 Å². The van der Waals surface area contributed by atoms with Gasteiger partial charge in [0.2, 0.25) is 0 Å². The van der Waals surface area contributed by atoms with E-state index in [-0.39, 0.29) is 11.3 Å². The molecule has 4 aromatic rings. The fourth-order valence-electron chi connectivity index (χ4n) is 4.68. The average Bonchev–Trinajstić information content (AvgIpc) is 3.06. The maximum atomic E-state index is 13.7.